The minimum Gasteiger partial charge on any atom is -0.295 e. The number of Topliss-reactive ketones (excluding diaryl/α,β-unsaturated/α-hetero) is 1. The number of aldehydes is 1. The highest BCUT2D eigenvalue weighted by atomic mass is 16.2. The van der Waals surface area contributed by atoms with E-state index in [2.05, 4.69) is 0 Å². The van der Waals surface area contributed by atoms with Crippen molar-refractivity contribution in [3.8, 4) is 0 Å². The van der Waals surface area contributed by atoms with Crippen LogP contribution in [-0.4, -0.2) is 12.1 Å². The Bertz CT molecular complexity index is 131. The van der Waals surface area contributed by atoms with E-state index in [-0.39, 0.29) is 11.2 Å². The Balaban J connectivity index is 3.55. The van der Waals surface area contributed by atoms with Gasteiger partial charge < -0.3 is 0 Å². The van der Waals surface area contributed by atoms with Crippen LogP contribution in [0.4, 0.5) is 0 Å². The van der Waals surface area contributed by atoms with Crippen molar-refractivity contribution in [2.24, 2.45) is 5.41 Å². The van der Waals surface area contributed by atoms with Gasteiger partial charge in [-0.2, -0.15) is 0 Å². The van der Waals surface area contributed by atoms with E-state index in [0.29, 0.717) is 12.7 Å². The first-order chi connectivity index (χ1) is 4.45. The summed E-state index contributed by atoms with van der Waals surface area (Å²) in [7, 11) is 0. The fourth-order valence-corrected chi connectivity index (χ4v) is 0.557. The largest absolute Gasteiger partial charge is 0.295 e. The maximum Gasteiger partial charge on any atom is 0.195 e. The lowest BCUT2D eigenvalue weighted by Gasteiger charge is -2.15. The van der Waals surface area contributed by atoms with Crippen LogP contribution >= 0.6 is 0 Å². The van der Waals surface area contributed by atoms with E-state index in [9.17, 15) is 9.59 Å². The van der Waals surface area contributed by atoms with Gasteiger partial charge in [0.25, 0.3) is 0 Å². The minimum atomic E-state index is -0.296. The van der Waals surface area contributed by atoms with Crippen LogP contribution in [0.5, 0.6) is 0 Å². The molecule has 0 bridgehead atoms. The average molecular weight is 142 g/mol. The Kier molecular flexibility index (Phi) is 3.26. The smallest absolute Gasteiger partial charge is 0.195 e. The number of hydrogen-bond donors (Lipinski definition) is 0. The van der Waals surface area contributed by atoms with Crippen LogP contribution in [0, 0.1) is 5.41 Å². The highest BCUT2D eigenvalue weighted by molar-refractivity contribution is 6.24. The zero-order valence-corrected chi connectivity index (χ0v) is 6.81. The maximum absolute atomic E-state index is 10.5. The first kappa shape index (κ1) is 9.34. The van der Waals surface area contributed by atoms with Crippen LogP contribution < -0.4 is 0 Å². The summed E-state index contributed by atoms with van der Waals surface area (Å²) in [5.41, 5.74) is 0.151. The molecular formula is C8H14O2. The van der Waals surface area contributed by atoms with Crippen LogP contribution in [0.15, 0.2) is 0 Å². The van der Waals surface area contributed by atoms with Gasteiger partial charge in [0.2, 0.25) is 0 Å². The number of ketones is 1. The summed E-state index contributed by atoms with van der Waals surface area (Å²) in [6.45, 7) is 6.14. The standard InChI is InChI=1S/C8H14O2/c1-8(2,3)5-4-7(10)6-9/h6H,4-5H2,1-3H3. The van der Waals surface area contributed by atoms with Crippen LogP contribution in [0.1, 0.15) is 33.6 Å². The van der Waals surface area contributed by atoms with Gasteiger partial charge in [-0.3, -0.25) is 9.59 Å². The number of carbonyl (C=O) groups excluding carboxylic acids is 2. The van der Waals surface area contributed by atoms with Gasteiger partial charge in [-0.15, -0.1) is 0 Å². The van der Waals surface area contributed by atoms with Gasteiger partial charge in [0.05, 0.1) is 0 Å². The molecular weight excluding hydrogens is 128 g/mol. The fourth-order valence-electron chi connectivity index (χ4n) is 0.557. The molecule has 0 aromatic rings. The van der Waals surface area contributed by atoms with Crippen molar-refractivity contribution in [1.82, 2.24) is 0 Å². The second-order valence-electron chi connectivity index (χ2n) is 3.64. The molecule has 0 aliphatic carbocycles. The van der Waals surface area contributed by atoms with Gasteiger partial charge in [0, 0.05) is 6.42 Å². The summed E-state index contributed by atoms with van der Waals surface area (Å²) in [4.78, 5) is 20.4. The molecule has 0 unspecified atom stereocenters. The van der Waals surface area contributed by atoms with Crippen molar-refractivity contribution in [3.63, 3.8) is 0 Å². The lowest BCUT2D eigenvalue weighted by molar-refractivity contribution is -0.130. The zero-order chi connectivity index (χ0) is 8.20. The second kappa shape index (κ2) is 3.49. The molecule has 10 heavy (non-hydrogen) atoms. The van der Waals surface area contributed by atoms with Crippen molar-refractivity contribution in [1.29, 1.82) is 0 Å². The van der Waals surface area contributed by atoms with Crippen molar-refractivity contribution < 1.29 is 9.59 Å². The molecule has 0 N–H and O–H groups in total. The van der Waals surface area contributed by atoms with Crippen LogP contribution in [-0.2, 0) is 9.59 Å². The predicted octanol–water partition coefficient (Wildman–Crippen LogP) is 1.58. The number of rotatable bonds is 3. The van der Waals surface area contributed by atoms with Gasteiger partial charge in [0.15, 0.2) is 12.1 Å². The topological polar surface area (TPSA) is 34.1 Å². The van der Waals surface area contributed by atoms with Crippen LogP contribution in [0.3, 0.4) is 0 Å². The molecule has 0 aromatic carbocycles. The predicted molar refractivity (Wildman–Crippen MR) is 39.8 cm³/mol. The summed E-state index contributed by atoms with van der Waals surface area (Å²) in [5, 5.41) is 0. The van der Waals surface area contributed by atoms with E-state index in [1.165, 1.54) is 0 Å². The molecule has 58 valence electrons. The molecule has 0 spiro atoms. The van der Waals surface area contributed by atoms with Crippen LogP contribution in [0.2, 0.25) is 0 Å². The number of carbonyl (C=O) groups is 2. The highest BCUT2D eigenvalue weighted by Crippen LogP contribution is 2.19. The summed E-state index contributed by atoms with van der Waals surface area (Å²) in [5.74, 6) is -0.296. The fraction of sp³-hybridized carbons (Fsp3) is 0.750. The zero-order valence-electron chi connectivity index (χ0n) is 6.81. The molecule has 0 radical (unpaired) electrons. The molecule has 0 aliphatic heterocycles. The van der Waals surface area contributed by atoms with Crippen molar-refractivity contribution in [2.45, 2.75) is 33.6 Å². The molecule has 2 heteroatoms. The van der Waals surface area contributed by atoms with E-state index < -0.39 is 0 Å². The summed E-state index contributed by atoms with van der Waals surface area (Å²) in [6.07, 6.45) is 1.56. The molecule has 0 atom stereocenters. The van der Waals surface area contributed by atoms with Crippen molar-refractivity contribution in [2.75, 3.05) is 0 Å². The Morgan fingerprint density at radius 3 is 2.20 bits per heavy atom. The summed E-state index contributed by atoms with van der Waals surface area (Å²) in [6, 6.07) is 0. The molecule has 0 saturated carbocycles. The van der Waals surface area contributed by atoms with Gasteiger partial charge in [-0.05, 0) is 11.8 Å². The number of hydrogen-bond acceptors (Lipinski definition) is 2. The van der Waals surface area contributed by atoms with E-state index in [4.69, 9.17) is 0 Å². The molecule has 0 aromatic heterocycles. The highest BCUT2D eigenvalue weighted by Gasteiger charge is 2.11. The monoisotopic (exact) mass is 142 g/mol. The Morgan fingerprint density at radius 2 is 1.90 bits per heavy atom. The van der Waals surface area contributed by atoms with Gasteiger partial charge in [-0.1, -0.05) is 20.8 Å². The molecule has 0 amide bonds. The molecule has 0 rings (SSSR count). The van der Waals surface area contributed by atoms with Gasteiger partial charge >= 0.3 is 0 Å². The van der Waals surface area contributed by atoms with E-state index in [1.54, 1.807) is 0 Å². The third-order valence-electron chi connectivity index (χ3n) is 1.25. The minimum absolute atomic E-state index is 0.151. The van der Waals surface area contributed by atoms with E-state index in [1.807, 2.05) is 20.8 Å². The molecule has 2 nitrogen and oxygen atoms in total. The maximum atomic E-state index is 10.5. The molecule has 0 aliphatic rings. The van der Waals surface area contributed by atoms with E-state index in [0.717, 1.165) is 6.42 Å². The second-order valence-corrected chi connectivity index (χ2v) is 3.64. The normalized spacial score (nSPS) is 11.1. The first-order valence-corrected chi connectivity index (χ1v) is 3.44. The summed E-state index contributed by atoms with van der Waals surface area (Å²) >= 11 is 0. The van der Waals surface area contributed by atoms with Gasteiger partial charge in [0.1, 0.15) is 0 Å². The third kappa shape index (κ3) is 5.48. The lowest BCUT2D eigenvalue weighted by atomic mass is 9.90. The lowest BCUT2D eigenvalue weighted by Crippen LogP contribution is -2.09. The molecule has 0 saturated heterocycles. The SMILES string of the molecule is CC(C)(C)CCC(=O)C=O. The van der Waals surface area contributed by atoms with Crippen molar-refractivity contribution in [3.05, 3.63) is 0 Å². The third-order valence-corrected chi connectivity index (χ3v) is 1.25. The molecule has 0 heterocycles. The van der Waals surface area contributed by atoms with Crippen molar-refractivity contribution >= 4 is 12.1 Å². The first-order valence-electron chi connectivity index (χ1n) is 3.44. The average Bonchev–Trinajstić information content (AvgIpc) is 1.81. The Hall–Kier alpha value is -0.660. The summed E-state index contributed by atoms with van der Waals surface area (Å²) < 4.78 is 0. The molecule has 0 fully saturated rings. The van der Waals surface area contributed by atoms with Gasteiger partial charge in [-0.25, -0.2) is 0 Å². The quantitative estimate of drug-likeness (QED) is 0.443. The Morgan fingerprint density at radius 1 is 1.40 bits per heavy atom. The van der Waals surface area contributed by atoms with Crippen LogP contribution in [0.25, 0.3) is 0 Å². The van der Waals surface area contributed by atoms with E-state index >= 15 is 0 Å². The Labute approximate surface area is 61.6 Å².